The van der Waals surface area contributed by atoms with Crippen molar-refractivity contribution in [1.29, 1.82) is 0 Å². The van der Waals surface area contributed by atoms with Crippen molar-refractivity contribution in [3.05, 3.63) is 111 Å². The van der Waals surface area contributed by atoms with Crippen molar-refractivity contribution in [3.63, 3.8) is 0 Å². The minimum atomic E-state index is 0.371. The van der Waals surface area contributed by atoms with Crippen LogP contribution in [0.5, 0.6) is 11.5 Å². The van der Waals surface area contributed by atoms with Gasteiger partial charge >= 0.3 is 0 Å². The van der Waals surface area contributed by atoms with Crippen LogP contribution in [0.4, 0.5) is 0 Å². The van der Waals surface area contributed by atoms with E-state index in [0.29, 0.717) is 30.5 Å². The molecule has 1 aromatic heterocycles. The minimum Gasteiger partial charge on any atom is -0.488 e. The van der Waals surface area contributed by atoms with E-state index in [1.165, 1.54) is 0 Å². The Morgan fingerprint density at radius 2 is 1.71 bits per heavy atom. The molecular formula is C29H28BrClN2O2. The number of benzene rings is 3. The third-order valence-electron chi connectivity index (χ3n) is 5.52. The number of hydrogen-bond acceptors (Lipinski definition) is 4. The van der Waals surface area contributed by atoms with E-state index in [1.54, 1.807) is 12.4 Å². The fourth-order valence-electron chi connectivity index (χ4n) is 3.69. The van der Waals surface area contributed by atoms with Gasteiger partial charge in [0.25, 0.3) is 0 Å². The summed E-state index contributed by atoms with van der Waals surface area (Å²) < 4.78 is 13.4. The summed E-state index contributed by atoms with van der Waals surface area (Å²) in [5, 5.41) is 3.98. The van der Waals surface area contributed by atoms with Crippen LogP contribution in [0.15, 0.2) is 89.7 Å². The second kappa shape index (κ2) is 12.7. The Hall–Kier alpha value is -2.86. The average Bonchev–Trinajstić information content (AvgIpc) is 2.89. The van der Waals surface area contributed by atoms with Crippen LogP contribution in [0.2, 0.25) is 5.02 Å². The van der Waals surface area contributed by atoms with Crippen LogP contribution in [0.3, 0.4) is 0 Å². The van der Waals surface area contributed by atoms with Crippen molar-refractivity contribution in [1.82, 2.24) is 10.3 Å². The Kier molecular flexibility index (Phi) is 9.18. The maximum atomic E-state index is 6.63. The molecule has 0 spiro atoms. The monoisotopic (exact) mass is 550 g/mol. The molecule has 0 aliphatic rings. The summed E-state index contributed by atoms with van der Waals surface area (Å²) in [6.45, 7) is 4.52. The number of aromatic nitrogens is 1. The predicted octanol–water partition coefficient (Wildman–Crippen LogP) is 7.82. The lowest BCUT2D eigenvalue weighted by Crippen LogP contribution is -2.15. The fraction of sp³-hybridized carbons (Fsp3) is 0.207. The van der Waals surface area contributed by atoms with E-state index in [2.05, 4.69) is 51.4 Å². The van der Waals surface area contributed by atoms with Crippen LogP contribution in [-0.4, -0.2) is 11.5 Å². The quantitative estimate of drug-likeness (QED) is 0.193. The Bertz CT molecular complexity index is 1240. The molecular weight excluding hydrogens is 524 g/mol. The first-order valence-electron chi connectivity index (χ1n) is 11.7. The molecule has 4 rings (SSSR count). The maximum absolute atomic E-state index is 6.63. The molecule has 1 heterocycles. The molecule has 0 amide bonds. The van der Waals surface area contributed by atoms with Crippen LogP contribution in [-0.2, 0) is 19.8 Å². The van der Waals surface area contributed by atoms with E-state index in [1.807, 2.05) is 54.6 Å². The van der Waals surface area contributed by atoms with Gasteiger partial charge < -0.3 is 14.8 Å². The number of halogens is 2. The standard InChI is InChI=1S/C29H28BrClN2O2/c1-2-13-32-18-24-15-26(31)28(16-27(24)34-19-21-8-7-14-33-17-21)35-20-23-11-6-12-25(29(23)30)22-9-4-3-5-10-22/h3-12,14-17,32H,2,13,18-20H2,1H3. The highest BCUT2D eigenvalue weighted by molar-refractivity contribution is 9.10. The Morgan fingerprint density at radius 1 is 0.886 bits per heavy atom. The lowest BCUT2D eigenvalue weighted by Gasteiger charge is -2.17. The van der Waals surface area contributed by atoms with E-state index in [4.69, 9.17) is 21.1 Å². The van der Waals surface area contributed by atoms with Crippen molar-refractivity contribution in [3.8, 4) is 22.6 Å². The lowest BCUT2D eigenvalue weighted by atomic mass is 10.0. The molecule has 3 aromatic carbocycles. The SMILES string of the molecule is CCCNCc1cc(Cl)c(OCc2cccc(-c3ccccc3)c2Br)cc1OCc1cccnc1. The topological polar surface area (TPSA) is 43.4 Å². The van der Waals surface area contributed by atoms with E-state index in [9.17, 15) is 0 Å². The molecule has 180 valence electrons. The third kappa shape index (κ3) is 6.85. The van der Waals surface area contributed by atoms with E-state index in [0.717, 1.165) is 51.0 Å². The summed E-state index contributed by atoms with van der Waals surface area (Å²) >= 11 is 10.4. The van der Waals surface area contributed by atoms with Gasteiger partial charge in [-0.1, -0.05) is 73.1 Å². The number of ether oxygens (including phenoxy) is 2. The third-order valence-corrected chi connectivity index (χ3v) is 6.75. The lowest BCUT2D eigenvalue weighted by molar-refractivity contribution is 0.287. The van der Waals surface area contributed by atoms with Crippen LogP contribution >= 0.6 is 27.5 Å². The molecule has 4 aromatic rings. The average molecular weight is 552 g/mol. The molecule has 0 fully saturated rings. The Balaban J connectivity index is 1.54. The highest BCUT2D eigenvalue weighted by Gasteiger charge is 2.14. The smallest absolute Gasteiger partial charge is 0.142 e. The summed E-state index contributed by atoms with van der Waals surface area (Å²) in [5.74, 6) is 1.33. The second-order valence-electron chi connectivity index (χ2n) is 8.15. The first-order valence-corrected chi connectivity index (χ1v) is 12.8. The van der Waals surface area contributed by atoms with Gasteiger partial charge in [-0.3, -0.25) is 4.98 Å². The molecule has 4 nitrogen and oxygen atoms in total. The van der Waals surface area contributed by atoms with Gasteiger partial charge in [-0.05, 0) is 52.2 Å². The fourth-order valence-corrected chi connectivity index (χ4v) is 4.54. The molecule has 0 atom stereocenters. The minimum absolute atomic E-state index is 0.371. The van der Waals surface area contributed by atoms with Crippen molar-refractivity contribution >= 4 is 27.5 Å². The summed E-state index contributed by atoms with van der Waals surface area (Å²) in [6, 6.07) is 24.2. The molecule has 0 aliphatic heterocycles. The molecule has 0 saturated carbocycles. The number of hydrogen-bond donors (Lipinski definition) is 1. The van der Waals surface area contributed by atoms with Crippen molar-refractivity contribution in [2.45, 2.75) is 33.1 Å². The van der Waals surface area contributed by atoms with Gasteiger partial charge in [0.05, 0.1) is 5.02 Å². The summed E-state index contributed by atoms with van der Waals surface area (Å²) in [7, 11) is 0. The highest BCUT2D eigenvalue weighted by Crippen LogP contribution is 2.36. The molecule has 0 saturated heterocycles. The predicted molar refractivity (Wildman–Crippen MR) is 146 cm³/mol. The van der Waals surface area contributed by atoms with Gasteiger partial charge in [0.15, 0.2) is 0 Å². The Labute approximate surface area is 220 Å². The van der Waals surface area contributed by atoms with Crippen LogP contribution in [0.1, 0.15) is 30.0 Å². The van der Waals surface area contributed by atoms with Gasteiger partial charge in [-0.15, -0.1) is 0 Å². The zero-order chi connectivity index (χ0) is 24.5. The van der Waals surface area contributed by atoms with Gasteiger partial charge in [0.1, 0.15) is 24.7 Å². The molecule has 0 bridgehead atoms. The van der Waals surface area contributed by atoms with Gasteiger partial charge in [-0.2, -0.15) is 0 Å². The van der Waals surface area contributed by atoms with E-state index >= 15 is 0 Å². The zero-order valence-corrected chi connectivity index (χ0v) is 22.0. The largest absolute Gasteiger partial charge is 0.488 e. The number of rotatable bonds is 11. The molecule has 0 aliphatic carbocycles. The summed E-state index contributed by atoms with van der Waals surface area (Å²) in [6.07, 6.45) is 4.61. The zero-order valence-electron chi connectivity index (χ0n) is 19.6. The summed E-state index contributed by atoms with van der Waals surface area (Å²) in [4.78, 5) is 4.17. The molecule has 1 N–H and O–H groups in total. The molecule has 0 unspecified atom stereocenters. The van der Waals surface area contributed by atoms with Crippen LogP contribution < -0.4 is 14.8 Å². The normalized spacial score (nSPS) is 10.8. The number of nitrogens with zero attached hydrogens (tertiary/aromatic N) is 1. The Morgan fingerprint density at radius 3 is 2.49 bits per heavy atom. The molecule has 0 radical (unpaired) electrons. The number of nitrogens with one attached hydrogen (secondary N) is 1. The highest BCUT2D eigenvalue weighted by atomic mass is 79.9. The maximum Gasteiger partial charge on any atom is 0.142 e. The van der Waals surface area contributed by atoms with Crippen molar-refractivity contribution in [2.24, 2.45) is 0 Å². The van der Waals surface area contributed by atoms with Gasteiger partial charge in [0, 0.05) is 46.2 Å². The van der Waals surface area contributed by atoms with Crippen molar-refractivity contribution < 1.29 is 9.47 Å². The van der Waals surface area contributed by atoms with E-state index in [-0.39, 0.29) is 0 Å². The first kappa shape index (κ1) is 25.2. The van der Waals surface area contributed by atoms with Crippen molar-refractivity contribution in [2.75, 3.05) is 6.54 Å². The van der Waals surface area contributed by atoms with Crippen LogP contribution in [0, 0.1) is 0 Å². The van der Waals surface area contributed by atoms with Gasteiger partial charge in [-0.25, -0.2) is 0 Å². The first-order chi connectivity index (χ1) is 17.2. The summed E-state index contributed by atoms with van der Waals surface area (Å²) in [5.41, 5.74) is 5.30. The molecule has 6 heteroatoms. The van der Waals surface area contributed by atoms with E-state index < -0.39 is 0 Å². The second-order valence-corrected chi connectivity index (χ2v) is 9.35. The van der Waals surface area contributed by atoms with Crippen LogP contribution in [0.25, 0.3) is 11.1 Å². The molecule has 35 heavy (non-hydrogen) atoms. The van der Waals surface area contributed by atoms with Gasteiger partial charge in [0.2, 0.25) is 0 Å². The number of pyridine rings is 1.